The molecule has 0 fully saturated rings. The molecule has 2 rings (SSSR count). The van der Waals surface area contributed by atoms with Crippen LogP contribution in [0.3, 0.4) is 0 Å². The van der Waals surface area contributed by atoms with E-state index in [2.05, 4.69) is 11.9 Å². The lowest BCUT2D eigenvalue weighted by molar-refractivity contribution is 0.458. The smallest absolute Gasteiger partial charge is 0.269 e. The van der Waals surface area contributed by atoms with Gasteiger partial charge in [0.05, 0.1) is 17.2 Å². The Balaban J connectivity index is 2.65. The highest BCUT2D eigenvalue weighted by Crippen LogP contribution is 2.18. The lowest BCUT2D eigenvalue weighted by Crippen LogP contribution is -2.26. The molecule has 0 saturated carbocycles. The van der Waals surface area contributed by atoms with Crippen LogP contribution in [0.25, 0.3) is 11.0 Å². The molecule has 0 aliphatic rings. The third-order valence-corrected chi connectivity index (χ3v) is 3.03. The average Bonchev–Trinajstić information content (AvgIpc) is 2.37. The summed E-state index contributed by atoms with van der Waals surface area (Å²) in [6.07, 6.45) is 3.09. The van der Waals surface area contributed by atoms with E-state index in [-0.39, 0.29) is 11.6 Å². The van der Waals surface area contributed by atoms with Crippen molar-refractivity contribution in [2.75, 3.05) is 6.54 Å². The van der Waals surface area contributed by atoms with E-state index in [9.17, 15) is 4.79 Å². The summed E-state index contributed by atoms with van der Waals surface area (Å²) in [5.74, 6) is 0. The van der Waals surface area contributed by atoms with Crippen molar-refractivity contribution in [3.63, 3.8) is 0 Å². The first-order valence-corrected chi connectivity index (χ1v) is 5.94. The van der Waals surface area contributed by atoms with E-state index < -0.39 is 0 Å². The summed E-state index contributed by atoms with van der Waals surface area (Å²) in [7, 11) is 0. The van der Waals surface area contributed by atoms with E-state index in [0.717, 1.165) is 23.9 Å². The number of aromatic nitrogens is 2. The largest absolute Gasteiger partial charge is 0.330 e. The molecule has 0 aliphatic heterocycles. The molecule has 0 amide bonds. The zero-order valence-electron chi connectivity index (χ0n) is 9.97. The highest BCUT2D eigenvalue weighted by molar-refractivity contribution is 5.74. The first-order valence-electron chi connectivity index (χ1n) is 5.94. The summed E-state index contributed by atoms with van der Waals surface area (Å²) < 4.78 is 1.81. The molecule has 1 atom stereocenters. The summed E-state index contributed by atoms with van der Waals surface area (Å²) in [6.45, 7) is 2.66. The fraction of sp³-hybridized carbons (Fsp3) is 0.385. The maximum Gasteiger partial charge on any atom is 0.269 e. The molecule has 0 radical (unpaired) electrons. The van der Waals surface area contributed by atoms with Gasteiger partial charge in [-0.1, -0.05) is 19.1 Å². The van der Waals surface area contributed by atoms with Crippen LogP contribution < -0.4 is 11.3 Å². The first-order chi connectivity index (χ1) is 8.27. The third kappa shape index (κ3) is 2.22. The summed E-state index contributed by atoms with van der Waals surface area (Å²) in [6, 6.07) is 7.85. The standard InChI is InChI=1S/C13H17N3O/c1-2-10(7-8-14)16-12-6-4-3-5-11(12)15-9-13(16)17/h3-6,9-10H,2,7-8,14H2,1H3. The van der Waals surface area contributed by atoms with Crippen molar-refractivity contribution in [3.05, 3.63) is 40.8 Å². The van der Waals surface area contributed by atoms with Gasteiger partial charge in [0.1, 0.15) is 0 Å². The molecule has 1 aromatic heterocycles. The monoisotopic (exact) mass is 231 g/mol. The minimum atomic E-state index is -0.0519. The van der Waals surface area contributed by atoms with Crippen molar-refractivity contribution in [1.29, 1.82) is 0 Å². The summed E-state index contributed by atoms with van der Waals surface area (Å²) >= 11 is 0. The number of rotatable bonds is 4. The van der Waals surface area contributed by atoms with E-state index in [1.165, 1.54) is 6.20 Å². The second-order valence-corrected chi connectivity index (χ2v) is 4.09. The molecule has 1 aromatic carbocycles. The van der Waals surface area contributed by atoms with Crippen LogP contribution in [0.15, 0.2) is 35.3 Å². The number of para-hydroxylation sites is 2. The Hall–Kier alpha value is -1.68. The predicted molar refractivity (Wildman–Crippen MR) is 69.0 cm³/mol. The van der Waals surface area contributed by atoms with Crippen LogP contribution in [-0.2, 0) is 0 Å². The number of hydrogen-bond donors (Lipinski definition) is 1. The van der Waals surface area contributed by atoms with Crippen LogP contribution in [0.4, 0.5) is 0 Å². The van der Waals surface area contributed by atoms with Crippen molar-refractivity contribution in [1.82, 2.24) is 9.55 Å². The van der Waals surface area contributed by atoms with Gasteiger partial charge in [-0.3, -0.25) is 4.79 Å². The van der Waals surface area contributed by atoms with Crippen LogP contribution >= 0.6 is 0 Å². The van der Waals surface area contributed by atoms with Crippen LogP contribution in [0.2, 0.25) is 0 Å². The Morgan fingerprint density at radius 2 is 2.18 bits per heavy atom. The minimum Gasteiger partial charge on any atom is -0.330 e. The van der Waals surface area contributed by atoms with Gasteiger partial charge in [0.2, 0.25) is 0 Å². The Bertz CT molecular complexity index is 562. The van der Waals surface area contributed by atoms with Gasteiger partial charge >= 0.3 is 0 Å². The number of hydrogen-bond acceptors (Lipinski definition) is 3. The van der Waals surface area contributed by atoms with E-state index in [4.69, 9.17) is 5.73 Å². The molecular weight excluding hydrogens is 214 g/mol. The Morgan fingerprint density at radius 3 is 2.88 bits per heavy atom. The van der Waals surface area contributed by atoms with Gasteiger partial charge < -0.3 is 10.3 Å². The molecule has 90 valence electrons. The van der Waals surface area contributed by atoms with Crippen molar-refractivity contribution in [3.8, 4) is 0 Å². The van der Waals surface area contributed by atoms with Crippen molar-refractivity contribution < 1.29 is 0 Å². The Morgan fingerprint density at radius 1 is 1.41 bits per heavy atom. The third-order valence-electron chi connectivity index (χ3n) is 3.03. The van der Waals surface area contributed by atoms with Gasteiger partial charge in [0.25, 0.3) is 5.56 Å². The van der Waals surface area contributed by atoms with Gasteiger partial charge in [-0.25, -0.2) is 4.98 Å². The Labute approximate surface area is 100 Å². The lowest BCUT2D eigenvalue weighted by atomic mass is 10.1. The second kappa shape index (κ2) is 5.10. The van der Waals surface area contributed by atoms with Gasteiger partial charge in [-0.15, -0.1) is 0 Å². The molecule has 0 aliphatic carbocycles. The number of benzene rings is 1. The van der Waals surface area contributed by atoms with Gasteiger partial charge in [-0.2, -0.15) is 0 Å². The fourth-order valence-corrected chi connectivity index (χ4v) is 2.17. The van der Waals surface area contributed by atoms with Gasteiger partial charge in [0, 0.05) is 6.04 Å². The molecule has 2 aromatic rings. The SMILES string of the molecule is CCC(CCN)n1c(=O)cnc2ccccc21. The normalized spacial score (nSPS) is 12.8. The lowest BCUT2D eigenvalue weighted by Gasteiger charge is -2.19. The molecule has 4 nitrogen and oxygen atoms in total. The quantitative estimate of drug-likeness (QED) is 0.871. The summed E-state index contributed by atoms with van der Waals surface area (Å²) in [5.41, 5.74) is 7.29. The van der Waals surface area contributed by atoms with E-state index >= 15 is 0 Å². The molecular formula is C13H17N3O. The molecule has 0 spiro atoms. The number of nitrogens with two attached hydrogens (primary N) is 1. The summed E-state index contributed by atoms with van der Waals surface area (Å²) in [5, 5.41) is 0. The fourth-order valence-electron chi connectivity index (χ4n) is 2.17. The zero-order chi connectivity index (χ0) is 12.3. The maximum atomic E-state index is 12.0. The molecule has 1 heterocycles. The molecule has 4 heteroatoms. The highest BCUT2D eigenvalue weighted by atomic mass is 16.1. The van der Waals surface area contributed by atoms with E-state index in [1.807, 2.05) is 28.8 Å². The van der Waals surface area contributed by atoms with Crippen LogP contribution in [-0.4, -0.2) is 16.1 Å². The molecule has 2 N–H and O–H groups in total. The minimum absolute atomic E-state index is 0.0519. The first kappa shape index (κ1) is 11.8. The Kier molecular flexibility index (Phi) is 3.54. The van der Waals surface area contributed by atoms with E-state index in [1.54, 1.807) is 0 Å². The van der Waals surface area contributed by atoms with Crippen molar-refractivity contribution in [2.24, 2.45) is 5.73 Å². The predicted octanol–water partition coefficient (Wildman–Crippen LogP) is 1.70. The topological polar surface area (TPSA) is 60.9 Å². The van der Waals surface area contributed by atoms with Gasteiger partial charge in [0.15, 0.2) is 0 Å². The van der Waals surface area contributed by atoms with Crippen LogP contribution in [0.5, 0.6) is 0 Å². The molecule has 0 saturated heterocycles. The van der Waals surface area contributed by atoms with Gasteiger partial charge in [-0.05, 0) is 31.5 Å². The average molecular weight is 231 g/mol. The molecule has 17 heavy (non-hydrogen) atoms. The molecule has 1 unspecified atom stereocenters. The second-order valence-electron chi connectivity index (χ2n) is 4.09. The van der Waals surface area contributed by atoms with Crippen LogP contribution in [0.1, 0.15) is 25.8 Å². The van der Waals surface area contributed by atoms with Crippen molar-refractivity contribution in [2.45, 2.75) is 25.8 Å². The number of fused-ring (bicyclic) bond motifs is 1. The summed E-state index contributed by atoms with van der Waals surface area (Å²) in [4.78, 5) is 16.1. The van der Waals surface area contributed by atoms with Crippen LogP contribution in [0, 0.1) is 0 Å². The van der Waals surface area contributed by atoms with E-state index in [0.29, 0.717) is 6.54 Å². The van der Waals surface area contributed by atoms with Crippen molar-refractivity contribution >= 4 is 11.0 Å². The zero-order valence-corrected chi connectivity index (χ0v) is 9.97. The highest BCUT2D eigenvalue weighted by Gasteiger charge is 2.12. The molecule has 0 bridgehead atoms. The maximum absolute atomic E-state index is 12.0. The number of nitrogens with zero attached hydrogens (tertiary/aromatic N) is 2.